The lowest BCUT2D eigenvalue weighted by Crippen LogP contribution is -2.27. The van der Waals surface area contributed by atoms with Crippen molar-refractivity contribution in [3.8, 4) is 0 Å². The summed E-state index contributed by atoms with van der Waals surface area (Å²) in [6.45, 7) is 6.74. The maximum atomic E-state index is 12.5. The van der Waals surface area contributed by atoms with Crippen LogP contribution in [0.4, 0.5) is 0 Å². The molecule has 5 heteroatoms. The zero-order valence-corrected chi connectivity index (χ0v) is 13.6. The minimum atomic E-state index is -3.44. The molecule has 1 aromatic carbocycles. The van der Waals surface area contributed by atoms with Crippen molar-refractivity contribution >= 4 is 10.0 Å². The van der Waals surface area contributed by atoms with Gasteiger partial charge in [0.2, 0.25) is 10.0 Å². The van der Waals surface area contributed by atoms with E-state index in [1.165, 1.54) is 22.7 Å². The summed E-state index contributed by atoms with van der Waals surface area (Å²) >= 11 is 0. The molecule has 0 unspecified atom stereocenters. The largest absolute Gasteiger partial charge is 0.310 e. The van der Waals surface area contributed by atoms with Crippen molar-refractivity contribution in [2.24, 2.45) is 0 Å². The molecule has 1 saturated carbocycles. The molecule has 0 aromatic heterocycles. The summed E-state index contributed by atoms with van der Waals surface area (Å²) in [5.74, 6) is 0. The van der Waals surface area contributed by atoms with Crippen LogP contribution in [-0.4, -0.2) is 32.4 Å². The SMILES string of the molecule is C=CCN(C)S(=O)(=O)c1ccc(CC)c(CNC2CC2)c1. The molecular weight excluding hydrogens is 284 g/mol. The minimum Gasteiger partial charge on any atom is -0.310 e. The summed E-state index contributed by atoms with van der Waals surface area (Å²) in [6.07, 6.45) is 4.95. The van der Waals surface area contributed by atoms with E-state index in [1.807, 2.05) is 12.1 Å². The molecule has 1 fully saturated rings. The van der Waals surface area contributed by atoms with Crippen LogP contribution in [0.25, 0.3) is 0 Å². The van der Waals surface area contributed by atoms with Gasteiger partial charge in [-0.05, 0) is 42.5 Å². The number of sulfonamides is 1. The average molecular weight is 308 g/mol. The van der Waals surface area contributed by atoms with Crippen molar-refractivity contribution in [1.29, 1.82) is 0 Å². The Morgan fingerprint density at radius 1 is 1.38 bits per heavy atom. The van der Waals surface area contributed by atoms with E-state index < -0.39 is 10.0 Å². The first-order chi connectivity index (χ1) is 9.98. The summed E-state index contributed by atoms with van der Waals surface area (Å²) in [4.78, 5) is 0.358. The number of hydrogen-bond acceptors (Lipinski definition) is 3. The summed E-state index contributed by atoms with van der Waals surface area (Å²) in [6, 6.07) is 6.05. The van der Waals surface area contributed by atoms with Crippen LogP contribution in [0.3, 0.4) is 0 Å². The lowest BCUT2D eigenvalue weighted by Gasteiger charge is -2.17. The van der Waals surface area contributed by atoms with Gasteiger partial charge in [-0.2, -0.15) is 4.31 Å². The van der Waals surface area contributed by atoms with Crippen LogP contribution < -0.4 is 5.32 Å². The number of nitrogens with zero attached hydrogens (tertiary/aromatic N) is 1. The molecular formula is C16H24N2O2S. The van der Waals surface area contributed by atoms with E-state index in [1.54, 1.807) is 19.2 Å². The second-order valence-corrected chi connectivity index (χ2v) is 7.56. The molecule has 0 spiro atoms. The second kappa shape index (κ2) is 6.73. The number of aryl methyl sites for hydroxylation is 1. The molecule has 0 saturated heterocycles. The second-order valence-electron chi connectivity index (χ2n) is 5.51. The molecule has 116 valence electrons. The normalized spacial score (nSPS) is 15.4. The van der Waals surface area contributed by atoms with Crippen molar-refractivity contribution in [3.63, 3.8) is 0 Å². The van der Waals surface area contributed by atoms with E-state index in [-0.39, 0.29) is 0 Å². The molecule has 0 bridgehead atoms. The van der Waals surface area contributed by atoms with Gasteiger partial charge in [-0.3, -0.25) is 0 Å². The van der Waals surface area contributed by atoms with Gasteiger partial charge in [0.25, 0.3) is 0 Å². The van der Waals surface area contributed by atoms with Gasteiger partial charge in [0.1, 0.15) is 0 Å². The minimum absolute atomic E-state index is 0.313. The maximum absolute atomic E-state index is 12.5. The van der Waals surface area contributed by atoms with Crippen LogP contribution in [0.15, 0.2) is 35.7 Å². The Morgan fingerprint density at radius 2 is 2.10 bits per heavy atom. The van der Waals surface area contributed by atoms with E-state index in [9.17, 15) is 8.42 Å². The first-order valence-corrected chi connectivity index (χ1v) is 8.85. The summed E-state index contributed by atoms with van der Waals surface area (Å²) in [5.41, 5.74) is 2.28. The first kappa shape index (κ1) is 16.2. The smallest absolute Gasteiger partial charge is 0.243 e. The van der Waals surface area contributed by atoms with Crippen LogP contribution in [-0.2, 0) is 23.0 Å². The van der Waals surface area contributed by atoms with Crippen LogP contribution in [0.5, 0.6) is 0 Å². The van der Waals surface area contributed by atoms with Crippen molar-refractivity contribution in [2.45, 2.75) is 43.7 Å². The summed E-state index contributed by atoms with van der Waals surface area (Å²) in [5, 5.41) is 3.46. The van der Waals surface area contributed by atoms with Gasteiger partial charge in [0.15, 0.2) is 0 Å². The van der Waals surface area contributed by atoms with Gasteiger partial charge in [-0.1, -0.05) is 19.1 Å². The van der Waals surface area contributed by atoms with E-state index in [2.05, 4.69) is 18.8 Å². The quantitative estimate of drug-likeness (QED) is 0.750. The van der Waals surface area contributed by atoms with Crippen molar-refractivity contribution in [1.82, 2.24) is 9.62 Å². The van der Waals surface area contributed by atoms with Crippen LogP contribution >= 0.6 is 0 Å². The van der Waals surface area contributed by atoms with E-state index in [0.29, 0.717) is 17.5 Å². The number of hydrogen-bond donors (Lipinski definition) is 1. The standard InChI is InChI=1S/C16H24N2O2S/c1-4-10-18(3)21(19,20)16-9-6-13(5-2)14(11-16)12-17-15-7-8-15/h4,6,9,11,15,17H,1,5,7-8,10,12H2,2-3H3. The van der Waals surface area contributed by atoms with Crippen molar-refractivity contribution < 1.29 is 8.42 Å². The Balaban J connectivity index is 2.26. The molecule has 4 nitrogen and oxygen atoms in total. The topological polar surface area (TPSA) is 49.4 Å². The van der Waals surface area contributed by atoms with Gasteiger partial charge in [-0.25, -0.2) is 8.42 Å². The van der Waals surface area contributed by atoms with Gasteiger partial charge in [0.05, 0.1) is 4.90 Å². The Bertz CT molecular complexity index is 607. The van der Waals surface area contributed by atoms with Gasteiger partial charge >= 0.3 is 0 Å². The van der Waals surface area contributed by atoms with Crippen molar-refractivity contribution in [2.75, 3.05) is 13.6 Å². The molecule has 0 atom stereocenters. The highest BCUT2D eigenvalue weighted by atomic mass is 32.2. The Hall–Kier alpha value is -1.17. The number of nitrogens with one attached hydrogen (secondary N) is 1. The van der Waals surface area contributed by atoms with Crippen LogP contribution in [0.2, 0.25) is 0 Å². The molecule has 0 aliphatic heterocycles. The molecule has 1 N–H and O–H groups in total. The fourth-order valence-corrected chi connectivity index (χ4v) is 3.47. The zero-order chi connectivity index (χ0) is 15.5. The fraction of sp³-hybridized carbons (Fsp3) is 0.500. The number of rotatable bonds is 8. The van der Waals surface area contributed by atoms with Gasteiger partial charge in [0, 0.05) is 26.2 Å². The lowest BCUT2D eigenvalue weighted by atomic mass is 10.1. The third-order valence-electron chi connectivity index (χ3n) is 3.81. The van der Waals surface area contributed by atoms with E-state index in [0.717, 1.165) is 18.5 Å². The molecule has 1 aromatic rings. The zero-order valence-electron chi connectivity index (χ0n) is 12.8. The summed E-state index contributed by atoms with van der Waals surface area (Å²) < 4.78 is 26.3. The lowest BCUT2D eigenvalue weighted by molar-refractivity contribution is 0.499. The van der Waals surface area contributed by atoms with E-state index in [4.69, 9.17) is 0 Å². The Kier molecular flexibility index (Phi) is 5.19. The van der Waals surface area contributed by atoms with Gasteiger partial charge < -0.3 is 5.32 Å². The molecule has 1 aliphatic rings. The predicted octanol–water partition coefficient (Wildman–Crippen LogP) is 2.31. The molecule has 2 rings (SSSR count). The average Bonchev–Trinajstić information content (AvgIpc) is 3.29. The van der Waals surface area contributed by atoms with Gasteiger partial charge in [-0.15, -0.1) is 6.58 Å². The number of likely N-dealkylation sites (N-methyl/N-ethyl adjacent to an activating group) is 1. The maximum Gasteiger partial charge on any atom is 0.243 e. The third kappa shape index (κ3) is 3.93. The van der Waals surface area contributed by atoms with Crippen LogP contribution in [0.1, 0.15) is 30.9 Å². The summed E-state index contributed by atoms with van der Waals surface area (Å²) in [7, 11) is -1.86. The highest BCUT2D eigenvalue weighted by molar-refractivity contribution is 7.89. The van der Waals surface area contributed by atoms with Crippen molar-refractivity contribution in [3.05, 3.63) is 42.0 Å². The third-order valence-corrected chi connectivity index (χ3v) is 5.63. The first-order valence-electron chi connectivity index (χ1n) is 7.41. The molecule has 0 heterocycles. The highest BCUT2D eigenvalue weighted by Gasteiger charge is 2.23. The Labute approximate surface area is 127 Å². The molecule has 1 aliphatic carbocycles. The highest BCUT2D eigenvalue weighted by Crippen LogP contribution is 2.23. The molecule has 21 heavy (non-hydrogen) atoms. The van der Waals surface area contributed by atoms with Crippen LogP contribution in [0, 0.1) is 0 Å². The predicted molar refractivity (Wildman–Crippen MR) is 85.7 cm³/mol. The van der Waals surface area contributed by atoms with E-state index >= 15 is 0 Å². The molecule has 0 amide bonds. The molecule has 0 radical (unpaired) electrons. The monoisotopic (exact) mass is 308 g/mol. The number of benzene rings is 1. The Morgan fingerprint density at radius 3 is 2.67 bits per heavy atom. The fourth-order valence-electron chi connectivity index (χ4n) is 2.27.